The summed E-state index contributed by atoms with van der Waals surface area (Å²) in [6.45, 7) is 15.0. The lowest BCUT2D eigenvalue weighted by molar-refractivity contribution is -0.128. The first-order valence-corrected chi connectivity index (χ1v) is 14.6. The molecular formula is C31H38FN7O2. The Labute approximate surface area is 241 Å². The van der Waals surface area contributed by atoms with E-state index in [1.165, 1.54) is 6.08 Å². The second-order valence-electron chi connectivity index (χ2n) is 11.9. The summed E-state index contributed by atoms with van der Waals surface area (Å²) in [4.78, 5) is 34.6. The number of carbonyl (C=O) groups excluding carboxylic acids is 1. The third-order valence-corrected chi connectivity index (χ3v) is 9.63. The number of likely N-dealkylation sites (tertiary alicyclic amines) is 1. The van der Waals surface area contributed by atoms with Crippen LogP contribution in [0.2, 0.25) is 0 Å². The molecule has 1 amide bonds. The lowest BCUT2D eigenvalue weighted by Crippen LogP contribution is -2.56. The van der Waals surface area contributed by atoms with Gasteiger partial charge in [-0.25, -0.2) is 11.0 Å². The molecule has 6 rings (SSSR count). The molecule has 0 N–H and O–H groups in total. The second-order valence-corrected chi connectivity index (χ2v) is 11.9. The average molecular weight is 560 g/mol. The first kappa shape index (κ1) is 27.6. The van der Waals surface area contributed by atoms with E-state index in [1.807, 2.05) is 6.07 Å². The molecule has 0 unspecified atom stereocenters. The molecule has 216 valence electrons. The van der Waals surface area contributed by atoms with Crippen molar-refractivity contribution in [2.45, 2.75) is 56.3 Å². The highest BCUT2D eigenvalue weighted by atomic mass is 19.1. The predicted octanol–water partition coefficient (Wildman–Crippen LogP) is 3.04. The van der Waals surface area contributed by atoms with Crippen molar-refractivity contribution in [2.24, 2.45) is 0 Å². The van der Waals surface area contributed by atoms with E-state index in [9.17, 15) is 4.79 Å². The fraction of sp³-hybridized carbons (Fsp3) is 0.548. The fourth-order valence-electron chi connectivity index (χ4n) is 7.33. The molecule has 41 heavy (non-hydrogen) atoms. The Balaban J connectivity index is 1.37. The number of amides is 1. The maximum absolute atomic E-state index is 15.3. The Hall–Kier alpha value is -3.55. The van der Waals surface area contributed by atoms with Crippen molar-refractivity contribution < 1.29 is 13.9 Å². The van der Waals surface area contributed by atoms with Crippen LogP contribution in [0.3, 0.4) is 0 Å². The summed E-state index contributed by atoms with van der Waals surface area (Å²) in [7, 11) is 4.18. The van der Waals surface area contributed by atoms with Crippen LogP contribution in [0.15, 0.2) is 30.9 Å². The lowest BCUT2D eigenvalue weighted by Gasteiger charge is -2.46. The molecule has 10 heteroatoms. The van der Waals surface area contributed by atoms with Gasteiger partial charge in [0.1, 0.15) is 24.3 Å². The van der Waals surface area contributed by atoms with Gasteiger partial charge >= 0.3 is 6.01 Å². The Bertz CT molecular complexity index is 1390. The fourth-order valence-corrected chi connectivity index (χ4v) is 7.33. The van der Waals surface area contributed by atoms with E-state index in [-0.39, 0.29) is 24.3 Å². The van der Waals surface area contributed by atoms with Crippen LogP contribution in [0.25, 0.3) is 4.85 Å². The number of rotatable bonds is 6. The van der Waals surface area contributed by atoms with Crippen molar-refractivity contribution in [2.75, 3.05) is 58.3 Å². The highest BCUT2D eigenvalue weighted by Crippen LogP contribution is 2.49. The molecule has 3 aliphatic heterocycles. The zero-order chi connectivity index (χ0) is 28.7. The van der Waals surface area contributed by atoms with Gasteiger partial charge in [0.05, 0.1) is 11.2 Å². The average Bonchev–Trinajstić information content (AvgIpc) is 3.56. The number of anilines is 1. The maximum atomic E-state index is 15.3. The van der Waals surface area contributed by atoms with E-state index in [1.54, 1.807) is 17.0 Å². The summed E-state index contributed by atoms with van der Waals surface area (Å²) in [5, 5.41) is 0. The number of piperazine rings is 1. The number of hydrogen-bond acceptors (Lipinski definition) is 7. The number of nitrogens with zero attached hydrogens (tertiary/aromatic N) is 7. The molecule has 9 nitrogen and oxygen atoms in total. The van der Waals surface area contributed by atoms with Gasteiger partial charge < -0.3 is 24.3 Å². The van der Waals surface area contributed by atoms with Gasteiger partial charge in [0.25, 0.3) is 0 Å². The van der Waals surface area contributed by atoms with Crippen molar-refractivity contribution >= 4 is 11.7 Å². The van der Waals surface area contributed by atoms with Crippen LogP contribution >= 0.6 is 0 Å². The number of benzene rings is 1. The zero-order valence-electron chi connectivity index (χ0n) is 24.0. The monoisotopic (exact) mass is 559 g/mol. The minimum atomic E-state index is -0.468. The molecule has 1 aromatic heterocycles. The van der Waals surface area contributed by atoms with Crippen LogP contribution in [0.1, 0.15) is 41.6 Å². The largest absolute Gasteiger partial charge is 0.462 e. The number of halogens is 1. The van der Waals surface area contributed by atoms with Crippen LogP contribution in [-0.2, 0) is 29.7 Å². The van der Waals surface area contributed by atoms with E-state index in [0.717, 1.165) is 60.4 Å². The molecule has 1 aliphatic carbocycles. The number of hydrogen-bond donors (Lipinski definition) is 0. The quantitative estimate of drug-likeness (QED) is 0.398. The molecule has 0 radical (unpaired) electrons. The Morgan fingerprint density at radius 3 is 2.88 bits per heavy atom. The third-order valence-electron chi connectivity index (χ3n) is 9.63. The minimum absolute atomic E-state index is 0.156. The number of aromatic nitrogens is 2. The molecule has 1 aromatic carbocycles. The van der Waals surface area contributed by atoms with Gasteiger partial charge in [-0.3, -0.25) is 9.69 Å². The molecule has 4 heterocycles. The summed E-state index contributed by atoms with van der Waals surface area (Å²) < 4.78 is 21.6. The molecule has 3 atom stereocenters. The number of fused-ring (bicyclic) bond motifs is 3. The standard InChI is InChI=1S/C31H38FN7O2/c1-5-27(40)39-15-14-38(18-23(39)17-33-2)29-24-19-37(4)31(12-11-21-8-6-10-25(32)28(21)31)16-26(24)34-30(35-29)41-20-22-9-7-13-36(22)3/h5-6,8,10,22-23H,1,7,9,11-20H2,3-4H3/t22-,23-,31-/m0/s1. The Morgan fingerprint density at radius 2 is 2.12 bits per heavy atom. The minimum Gasteiger partial charge on any atom is -0.462 e. The maximum Gasteiger partial charge on any atom is 0.318 e. The van der Waals surface area contributed by atoms with Crippen molar-refractivity contribution in [3.05, 3.63) is 70.5 Å². The summed E-state index contributed by atoms with van der Waals surface area (Å²) in [5.74, 6) is 0.477. The summed E-state index contributed by atoms with van der Waals surface area (Å²) >= 11 is 0. The number of carbonyl (C=O) groups is 1. The zero-order valence-corrected chi connectivity index (χ0v) is 24.0. The van der Waals surface area contributed by atoms with E-state index in [0.29, 0.717) is 51.3 Å². The molecule has 2 fully saturated rings. The third kappa shape index (κ3) is 4.85. The van der Waals surface area contributed by atoms with Crippen LogP contribution in [0, 0.1) is 12.4 Å². The van der Waals surface area contributed by atoms with Crippen LogP contribution < -0.4 is 9.64 Å². The van der Waals surface area contributed by atoms with E-state index in [2.05, 4.69) is 40.2 Å². The molecule has 0 saturated carbocycles. The normalized spacial score (nSPS) is 26.1. The number of likely N-dealkylation sites (N-methyl/N-ethyl adjacent to an activating group) is 2. The van der Waals surface area contributed by atoms with Gasteiger partial charge in [-0.2, -0.15) is 9.97 Å². The van der Waals surface area contributed by atoms with Gasteiger partial charge in [-0.05, 0) is 64.0 Å². The van der Waals surface area contributed by atoms with Crippen molar-refractivity contribution in [1.82, 2.24) is 24.7 Å². The van der Waals surface area contributed by atoms with Gasteiger partial charge in [-0.1, -0.05) is 18.7 Å². The van der Waals surface area contributed by atoms with Crippen LogP contribution in [0.4, 0.5) is 10.2 Å². The van der Waals surface area contributed by atoms with E-state index in [4.69, 9.17) is 21.3 Å². The molecule has 2 aromatic rings. The molecule has 2 saturated heterocycles. The highest BCUT2D eigenvalue weighted by molar-refractivity contribution is 5.87. The lowest BCUT2D eigenvalue weighted by atomic mass is 9.80. The van der Waals surface area contributed by atoms with Crippen molar-refractivity contribution in [3.63, 3.8) is 0 Å². The number of aryl methyl sites for hydroxylation is 1. The Morgan fingerprint density at radius 1 is 1.27 bits per heavy atom. The summed E-state index contributed by atoms with van der Waals surface area (Å²) in [5.41, 5.74) is 3.30. The molecule has 1 spiro atoms. The van der Waals surface area contributed by atoms with Gasteiger partial charge in [0, 0.05) is 49.8 Å². The molecular weight excluding hydrogens is 521 g/mol. The predicted molar refractivity (Wildman–Crippen MR) is 154 cm³/mol. The Kier molecular flexibility index (Phi) is 7.43. The van der Waals surface area contributed by atoms with E-state index < -0.39 is 5.54 Å². The van der Waals surface area contributed by atoms with Crippen LogP contribution in [-0.4, -0.2) is 96.1 Å². The van der Waals surface area contributed by atoms with Crippen LogP contribution in [0.5, 0.6) is 6.01 Å². The SMILES string of the molecule is [C-]#[N+]C[C@H]1CN(c2nc(OC[C@@H]3CCCN3C)nc3c2CN(C)[C@@]2(CCc4cccc(F)c42)C3)CCN1C(=O)C=C. The second kappa shape index (κ2) is 11.0. The first-order valence-electron chi connectivity index (χ1n) is 14.6. The summed E-state index contributed by atoms with van der Waals surface area (Å²) in [6, 6.07) is 5.80. The first-order chi connectivity index (χ1) is 19.8. The smallest absolute Gasteiger partial charge is 0.318 e. The highest BCUT2D eigenvalue weighted by Gasteiger charge is 2.48. The summed E-state index contributed by atoms with van der Waals surface area (Å²) in [6.07, 6.45) is 5.78. The van der Waals surface area contributed by atoms with Gasteiger partial charge in [0.15, 0.2) is 0 Å². The van der Waals surface area contributed by atoms with Gasteiger partial charge in [-0.15, -0.1) is 0 Å². The number of ether oxygens (including phenoxy) is 1. The topological polar surface area (TPSA) is 69.4 Å². The van der Waals surface area contributed by atoms with Crippen molar-refractivity contribution in [3.8, 4) is 6.01 Å². The van der Waals surface area contributed by atoms with E-state index >= 15 is 4.39 Å². The molecule has 0 bridgehead atoms. The van der Waals surface area contributed by atoms with Gasteiger partial charge in [0.2, 0.25) is 12.5 Å². The molecule has 4 aliphatic rings. The van der Waals surface area contributed by atoms with Crippen molar-refractivity contribution in [1.29, 1.82) is 0 Å².